The average Bonchev–Trinajstić information content (AvgIpc) is 3.23. The number of benzene rings is 1. The number of hydrogen-bond acceptors (Lipinski definition) is 5. The molecule has 3 aromatic heterocycles. The van der Waals surface area contributed by atoms with E-state index < -0.39 is 4.92 Å². The summed E-state index contributed by atoms with van der Waals surface area (Å²) in [6, 6.07) is 12.1. The Kier molecular flexibility index (Phi) is 3.31. The van der Waals surface area contributed by atoms with Gasteiger partial charge in [0.2, 0.25) is 0 Å². The maximum atomic E-state index is 10.7. The molecule has 1 aromatic carbocycles. The number of H-pyrrole nitrogens is 1. The third-order valence-electron chi connectivity index (χ3n) is 3.71. The number of aromatic nitrogens is 3. The van der Waals surface area contributed by atoms with Gasteiger partial charge in [-0.05, 0) is 23.8 Å². The Morgan fingerprint density at radius 3 is 2.75 bits per heavy atom. The van der Waals surface area contributed by atoms with Crippen LogP contribution in [-0.4, -0.2) is 19.9 Å². The molecule has 4 rings (SSSR count). The lowest BCUT2D eigenvalue weighted by molar-refractivity contribution is -0.384. The normalized spacial score (nSPS) is 11.0. The molecular formula is C17H12N4O3. The first-order valence-electron chi connectivity index (χ1n) is 7.31. The molecule has 0 bridgehead atoms. The summed E-state index contributed by atoms with van der Waals surface area (Å²) in [6.07, 6.45) is 3.88. The maximum absolute atomic E-state index is 10.7. The first-order chi connectivity index (χ1) is 11.7. The standard InChI is InChI=1S/C17H12N4O3/c22-21(23)13-5-3-11(4-6-13)8-16-19-14-9-12(10-18-17(14)20-16)15-2-1-7-24-15/h1-7,9-10H,8H2,(H,18,19,20). The molecule has 4 aromatic rings. The molecule has 0 aliphatic carbocycles. The fourth-order valence-electron chi connectivity index (χ4n) is 2.54. The number of nitrogens with zero attached hydrogens (tertiary/aromatic N) is 3. The predicted octanol–water partition coefficient (Wildman–Crippen LogP) is 3.72. The molecule has 0 unspecified atom stereocenters. The SMILES string of the molecule is O=[N+]([O-])c1ccc(Cc2nc3ncc(-c4ccco4)cc3[nH]2)cc1. The van der Waals surface area contributed by atoms with Crippen LogP contribution in [0.15, 0.2) is 59.3 Å². The number of nitro benzene ring substituents is 1. The molecule has 3 heterocycles. The second-order valence-corrected chi connectivity index (χ2v) is 5.36. The van der Waals surface area contributed by atoms with Gasteiger partial charge in [0.05, 0.1) is 16.7 Å². The third-order valence-corrected chi connectivity index (χ3v) is 3.71. The Morgan fingerprint density at radius 1 is 1.21 bits per heavy atom. The predicted molar refractivity (Wildman–Crippen MR) is 87.5 cm³/mol. The molecule has 24 heavy (non-hydrogen) atoms. The van der Waals surface area contributed by atoms with Crippen molar-refractivity contribution in [3.63, 3.8) is 0 Å². The second kappa shape index (κ2) is 5.62. The van der Waals surface area contributed by atoms with Gasteiger partial charge in [-0.2, -0.15) is 0 Å². The van der Waals surface area contributed by atoms with Crippen LogP contribution >= 0.6 is 0 Å². The fraction of sp³-hybridized carbons (Fsp3) is 0.0588. The Labute approximate surface area is 136 Å². The van der Waals surface area contributed by atoms with Crippen LogP contribution in [-0.2, 0) is 6.42 Å². The van der Waals surface area contributed by atoms with Gasteiger partial charge in [-0.3, -0.25) is 10.1 Å². The lowest BCUT2D eigenvalue weighted by Crippen LogP contribution is -1.92. The van der Waals surface area contributed by atoms with Crippen molar-refractivity contribution in [1.82, 2.24) is 15.0 Å². The Morgan fingerprint density at radius 2 is 2.04 bits per heavy atom. The number of nitro groups is 1. The number of aromatic amines is 1. The van der Waals surface area contributed by atoms with Crippen molar-refractivity contribution in [2.75, 3.05) is 0 Å². The van der Waals surface area contributed by atoms with Crippen molar-refractivity contribution in [2.45, 2.75) is 6.42 Å². The molecule has 0 amide bonds. The molecule has 0 saturated carbocycles. The van der Waals surface area contributed by atoms with E-state index in [0.29, 0.717) is 12.1 Å². The van der Waals surface area contributed by atoms with Crippen molar-refractivity contribution in [3.8, 4) is 11.3 Å². The zero-order valence-corrected chi connectivity index (χ0v) is 12.5. The summed E-state index contributed by atoms with van der Waals surface area (Å²) >= 11 is 0. The molecule has 0 atom stereocenters. The van der Waals surface area contributed by atoms with Crippen LogP contribution in [0.1, 0.15) is 11.4 Å². The Hall–Kier alpha value is -3.48. The number of fused-ring (bicyclic) bond motifs is 1. The lowest BCUT2D eigenvalue weighted by atomic mass is 10.1. The van der Waals surface area contributed by atoms with Crippen molar-refractivity contribution in [2.24, 2.45) is 0 Å². The van der Waals surface area contributed by atoms with Crippen LogP contribution in [0.4, 0.5) is 5.69 Å². The molecule has 0 saturated heterocycles. The minimum Gasteiger partial charge on any atom is -0.464 e. The lowest BCUT2D eigenvalue weighted by Gasteiger charge is -1.97. The molecule has 0 spiro atoms. The van der Waals surface area contributed by atoms with Gasteiger partial charge >= 0.3 is 0 Å². The van der Waals surface area contributed by atoms with E-state index >= 15 is 0 Å². The van der Waals surface area contributed by atoms with Gasteiger partial charge < -0.3 is 9.40 Å². The summed E-state index contributed by atoms with van der Waals surface area (Å²) in [6.45, 7) is 0. The Bertz CT molecular complexity index is 1000. The molecule has 0 aliphatic rings. The Balaban J connectivity index is 1.61. The zero-order chi connectivity index (χ0) is 16.5. The van der Waals surface area contributed by atoms with Gasteiger partial charge in [0.1, 0.15) is 11.6 Å². The van der Waals surface area contributed by atoms with Gasteiger partial charge in [0.25, 0.3) is 5.69 Å². The number of non-ortho nitro benzene ring substituents is 1. The largest absolute Gasteiger partial charge is 0.464 e. The number of pyridine rings is 1. The van der Waals surface area contributed by atoms with Gasteiger partial charge in [0, 0.05) is 30.3 Å². The van der Waals surface area contributed by atoms with Gasteiger partial charge in [-0.25, -0.2) is 9.97 Å². The van der Waals surface area contributed by atoms with Crippen LogP contribution in [0.3, 0.4) is 0 Å². The fourth-order valence-corrected chi connectivity index (χ4v) is 2.54. The molecule has 1 N–H and O–H groups in total. The molecule has 7 heteroatoms. The molecule has 118 valence electrons. The van der Waals surface area contributed by atoms with Crippen molar-refractivity contribution < 1.29 is 9.34 Å². The summed E-state index contributed by atoms with van der Waals surface area (Å²) in [7, 11) is 0. The van der Waals surface area contributed by atoms with E-state index in [1.165, 1.54) is 12.1 Å². The van der Waals surface area contributed by atoms with Crippen molar-refractivity contribution >= 4 is 16.9 Å². The van der Waals surface area contributed by atoms with E-state index in [2.05, 4.69) is 15.0 Å². The van der Waals surface area contributed by atoms with Crippen molar-refractivity contribution in [1.29, 1.82) is 0 Å². The highest BCUT2D eigenvalue weighted by atomic mass is 16.6. The first kappa shape index (κ1) is 14.1. The highest BCUT2D eigenvalue weighted by molar-refractivity contribution is 5.76. The molecule has 0 aliphatic heterocycles. The minimum atomic E-state index is -0.412. The van der Waals surface area contributed by atoms with Gasteiger partial charge in [-0.1, -0.05) is 12.1 Å². The van der Waals surface area contributed by atoms with E-state index in [-0.39, 0.29) is 5.69 Å². The topological polar surface area (TPSA) is 97.8 Å². The summed E-state index contributed by atoms with van der Waals surface area (Å²) in [5, 5.41) is 10.7. The van der Waals surface area contributed by atoms with E-state index in [9.17, 15) is 10.1 Å². The molecule has 7 nitrogen and oxygen atoms in total. The van der Waals surface area contributed by atoms with Crippen molar-refractivity contribution in [3.05, 3.63) is 76.4 Å². The number of furan rings is 1. The summed E-state index contributed by atoms with van der Waals surface area (Å²) < 4.78 is 5.37. The summed E-state index contributed by atoms with van der Waals surface area (Å²) in [5.74, 6) is 1.50. The molecular weight excluding hydrogens is 308 g/mol. The smallest absolute Gasteiger partial charge is 0.269 e. The minimum absolute atomic E-state index is 0.0770. The highest BCUT2D eigenvalue weighted by Gasteiger charge is 2.09. The van der Waals surface area contributed by atoms with Crippen LogP contribution in [0.2, 0.25) is 0 Å². The maximum Gasteiger partial charge on any atom is 0.269 e. The van der Waals surface area contributed by atoms with Crippen LogP contribution < -0.4 is 0 Å². The molecule has 0 fully saturated rings. The monoisotopic (exact) mass is 320 g/mol. The highest BCUT2D eigenvalue weighted by Crippen LogP contribution is 2.22. The number of nitrogens with one attached hydrogen (secondary N) is 1. The van der Waals surface area contributed by atoms with E-state index in [4.69, 9.17) is 4.42 Å². The molecule has 0 radical (unpaired) electrons. The van der Waals surface area contributed by atoms with Crippen LogP contribution in [0, 0.1) is 10.1 Å². The number of rotatable bonds is 4. The van der Waals surface area contributed by atoms with E-state index in [0.717, 1.165) is 28.2 Å². The number of hydrogen-bond donors (Lipinski definition) is 1. The van der Waals surface area contributed by atoms with Crippen LogP contribution in [0.25, 0.3) is 22.5 Å². The van der Waals surface area contributed by atoms with Gasteiger partial charge in [-0.15, -0.1) is 0 Å². The van der Waals surface area contributed by atoms with E-state index in [1.54, 1.807) is 24.6 Å². The first-order valence-corrected chi connectivity index (χ1v) is 7.31. The summed E-state index contributed by atoms with van der Waals surface area (Å²) in [4.78, 5) is 22.3. The van der Waals surface area contributed by atoms with E-state index in [1.807, 2.05) is 18.2 Å². The average molecular weight is 320 g/mol. The quantitative estimate of drug-likeness (QED) is 0.456. The van der Waals surface area contributed by atoms with Crippen LogP contribution in [0.5, 0.6) is 0 Å². The number of imidazole rings is 1. The summed E-state index contributed by atoms with van der Waals surface area (Å²) in [5.41, 5.74) is 3.33. The second-order valence-electron chi connectivity index (χ2n) is 5.36. The third kappa shape index (κ3) is 2.63. The van der Waals surface area contributed by atoms with Gasteiger partial charge in [0.15, 0.2) is 5.65 Å². The zero-order valence-electron chi connectivity index (χ0n) is 12.5.